The van der Waals surface area contributed by atoms with E-state index in [-0.39, 0.29) is 47.9 Å². The van der Waals surface area contributed by atoms with E-state index < -0.39 is 5.79 Å². The van der Waals surface area contributed by atoms with E-state index in [0.29, 0.717) is 22.6 Å². The Balaban J connectivity index is 1.15. The summed E-state index contributed by atoms with van der Waals surface area (Å²) in [6, 6.07) is 4.24. The fraction of sp³-hybridized carbons (Fsp3) is 0.759. The number of esters is 1. The van der Waals surface area contributed by atoms with Gasteiger partial charge in [0.25, 0.3) is 0 Å². The van der Waals surface area contributed by atoms with Crippen LogP contribution in [-0.2, 0) is 18.8 Å². The van der Waals surface area contributed by atoms with Crippen molar-refractivity contribution >= 4 is 24.8 Å². The minimum Gasteiger partial charge on any atom is -0.452 e. The lowest BCUT2D eigenvalue weighted by Gasteiger charge is -2.64. The zero-order valence-corrected chi connectivity index (χ0v) is 23.7. The van der Waals surface area contributed by atoms with Crippen LogP contribution in [0.2, 0.25) is 5.82 Å². The molecule has 1 aromatic carbocycles. The molecule has 2 saturated heterocycles. The van der Waals surface area contributed by atoms with Gasteiger partial charge in [-0.1, -0.05) is 26.8 Å². The van der Waals surface area contributed by atoms with Gasteiger partial charge in [0, 0.05) is 36.4 Å². The Labute approximate surface area is 225 Å². The quantitative estimate of drug-likeness (QED) is 0.257. The van der Waals surface area contributed by atoms with Crippen molar-refractivity contribution in [3.05, 3.63) is 23.3 Å². The molecule has 0 N–H and O–H groups in total. The molecule has 8 rings (SSSR count). The standard InChI is InChI=1S/C29H39BO6S/c1-15(20-8-7-11-32-20)37-21-10-9-17(25-24(21)26(31)34-28(4,5)33-25)18-14-19(18)30-35-23-13-16-12-22(27(16,2)3)29(23,6)36-30/h9-10,15-16,18-20,22-23H,7-8,11-14H2,1-6H3/t15-,16?,18+,19+,20+,22?,23-,29+/m1/s1. The number of benzene rings is 1. The van der Waals surface area contributed by atoms with Crippen molar-refractivity contribution in [3.63, 3.8) is 0 Å². The van der Waals surface area contributed by atoms with Crippen molar-refractivity contribution in [2.75, 3.05) is 6.61 Å². The van der Waals surface area contributed by atoms with E-state index >= 15 is 0 Å². The summed E-state index contributed by atoms with van der Waals surface area (Å²) in [5.74, 6) is 1.21. The van der Waals surface area contributed by atoms with E-state index in [1.165, 1.54) is 6.42 Å². The highest BCUT2D eigenvalue weighted by Crippen LogP contribution is 2.68. The first kappa shape index (κ1) is 24.8. The molecule has 0 amide bonds. The van der Waals surface area contributed by atoms with Crippen LogP contribution >= 0.6 is 11.8 Å². The molecule has 1 aromatic rings. The molecule has 8 heteroatoms. The van der Waals surface area contributed by atoms with Gasteiger partial charge in [0.05, 0.1) is 17.8 Å². The Morgan fingerprint density at radius 3 is 2.62 bits per heavy atom. The molecule has 2 unspecified atom stereocenters. The van der Waals surface area contributed by atoms with Crippen LogP contribution < -0.4 is 4.74 Å². The maximum absolute atomic E-state index is 13.3. The van der Waals surface area contributed by atoms with Crippen LogP contribution in [0.3, 0.4) is 0 Å². The highest BCUT2D eigenvalue weighted by molar-refractivity contribution is 8.00. The zero-order valence-electron chi connectivity index (χ0n) is 22.9. The fourth-order valence-corrected chi connectivity index (χ4v) is 9.23. The van der Waals surface area contributed by atoms with E-state index in [2.05, 4.69) is 39.8 Å². The molecule has 8 atom stereocenters. The number of fused-ring (bicyclic) bond motifs is 1. The molecule has 200 valence electrons. The van der Waals surface area contributed by atoms with Crippen LogP contribution in [0.15, 0.2) is 17.0 Å². The molecule has 4 aliphatic carbocycles. The summed E-state index contributed by atoms with van der Waals surface area (Å²) in [4.78, 5) is 14.2. The van der Waals surface area contributed by atoms with Gasteiger partial charge < -0.3 is 23.5 Å². The molecular weight excluding hydrogens is 487 g/mol. The molecule has 3 heterocycles. The van der Waals surface area contributed by atoms with E-state index in [1.54, 1.807) is 25.6 Å². The van der Waals surface area contributed by atoms with Crippen LogP contribution in [0.4, 0.5) is 0 Å². The molecule has 4 saturated carbocycles. The lowest BCUT2D eigenvalue weighted by atomic mass is 9.43. The molecule has 6 fully saturated rings. The lowest BCUT2D eigenvalue weighted by Crippen LogP contribution is -2.65. The van der Waals surface area contributed by atoms with Crippen LogP contribution in [0.1, 0.15) is 95.5 Å². The van der Waals surface area contributed by atoms with Crippen molar-refractivity contribution in [3.8, 4) is 5.75 Å². The van der Waals surface area contributed by atoms with E-state index in [4.69, 9.17) is 23.5 Å². The predicted octanol–water partition coefficient (Wildman–Crippen LogP) is 6.22. The monoisotopic (exact) mass is 526 g/mol. The van der Waals surface area contributed by atoms with Gasteiger partial charge in [-0.15, -0.1) is 11.8 Å². The normalized spacial score (nSPS) is 41.2. The summed E-state index contributed by atoms with van der Waals surface area (Å²) >= 11 is 1.69. The number of thioether (sulfide) groups is 1. The molecule has 6 nitrogen and oxygen atoms in total. The molecule has 3 aliphatic heterocycles. The Kier molecular flexibility index (Phi) is 5.46. The largest absolute Gasteiger partial charge is 0.461 e. The van der Waals surface area contributed by atoms with Crippen molar-refractivity contribution in [2.45, 2.75) is 119 Å². The topological polar surface area (TPSA) is 63.2 Å². The number of cyclic esters (lactones) is 1. The van der Waals surface area contributed by atoms with Crippen LogP contribution in [0.5, 0.6) is 5.75 Å². The van der Waals surface area contributed by atoms with Crippen LogP contribution in [0.25, 0.3) is 0 Å². The van der Waals surface area contributed by atoms with Crippen molar-refractivity contribution in [1.29, 1.82) is 0 Å². The minimum atomic E-state index is -0.998. The van der Waals surface area contributed by atoms with Gasteiger partial charge in [-0.05, 0) is 73.8 Å². The summed E-state index contributed by atoms with van der Waals surface area (Å²) in [5, 5.41) is 0.244. The first-order valence-electron chi connectivity index (χ1n) is 14.2. The average molecular weight is 527 g/mol. The summed E-state index contributed by atoms with van der Waals surface area (Å²) in [7, 11) is -0.192. The summed E-state index contributed by atoms with van der Waals surface area (Å²) < 4.78 is 31.4. The van der Waals surface area contributed by atoms with Gasteiger partial charge in [0.2, 0.25) is 5.79 Å². The van der Waals surface area contributed by atoms with Gasteiger partial charge in [-0.2, -0.15) is 0 Å². The Morgan fingerprint density at radius 1 is 1.08 bits per heavy atom. The molecule has 0 aromatic heterocycles. The van der Waals surface area contributed by atoms with Gasteiger partial charge in [-0.3, -0.25) is 0 Å². The van der Waals surface area contributed by atoms with Crippen LogP contribution in [0, 0.1) is 17.3 Å². The van der Waals surface area contributed by atoms with E-state index in [9.17, 15) is 4.79 Å². The van der Waals surface area contributed by atoms with Gasteiger partial charge >= 0.3 is 13.1 Å². The number of hydrogen-bond donors (Lipinski definition) is 0. The van der Waals surface area contributed by atoms with Crippen LogP contribution in [-0.4, -0.2) is 48.5 Å². The molecule has 7 aliphatic rings. The summed E-state index contributed by atoms with van der Waals surface area (Å²) in [5.41, 5.74) is 1.78. The maximum atomic E-state index is 13.3. The number of rotatable bonds is 5. The second kappa shape index (κ2) is 8.15. The first-order valence-corrected chi connectivity index (χ1v) is 15.1. The van der Waals surface area contributed by atoms with Gasteiger partial charge in [0.15, 0.2) is 0 Å². The van der Waals surface area contributed by atoms with Crippen molar-refractivity contribution in [1.82, 2.24) is 0 Å². The smallest absolute Gasteiger partial charge is 0.452 e. The lowest BCUT2D eigenvalue weighted by molar-refractivity contribution is -0.199. The highest BCUT2D eigenvalue weighted by Gasteiger charge is 2.70. The number of carbonyl (C=O) groups is 1. The Bertz CT molecular complexity index is 1130. The Morgan fingerprint density at radius 2 is 1.89 bits per heavy atom. The van der Waals surface area contributed by atoms with E-state index in [0.717, 1.165) is 48.7 Å². The third-order valence-corrected chi connectivity index (χ3v) is 11.7. The molecular formula is C29H39BO6S. The molecule has 2 bridgehead atoms. The summed E-state index contributed by atoms with van der Waals surface area (Å²) in [6.45, 7) is 13.7. The molecule has 0 radical (unpaired) electrons. The molecule has 37 heavy (non-hydrogen) atoms. The SMILES string of the molecule is C[C@@H](Sc1ccc([C@@H]2C[C@@H]2B2O[C@@H]3CC4CC(C4(C)C)[C@]3(C)O2)c2c1C(=O)OC(C)(C)O2)[C@@H]1CCCO1. The van der Waals surface area contributed by atoms with Crippen molar-refractivity contribution < 1.29 is 28.3 Å². The second-order valence-electron chi connectivity index (χ2n) is 13.5. The Hall–Kier alpha value is -1.22. The maximum Gasteiger partial charge on any atom is 0.461 e. The number of hydrogen-bond acceptors (Lipinski definition) is 7. The van der Waals surface area contributed by atoms with Gasteiger partial charge in [0.1, 0.15) is 11.3 Å². The third kappa shape index (κ3) is 3.75. The molecule has 0 spiro atoms. The second-order valence-corrected chi connectivity index (χ2v) is 14.9. The third-order valence-electron chi connectivity index (χ3n) is 10.4. The zero-order chi connectivity index (χ0) is 25.9. The summed E-state index contributed by atoms with van der Waals surface area (Å²) in [6.07, 6.45) is 5.89. The average Bonchev–Trinajstić information content (AvgIpc) is 3.23. The van der Waals surface area contributed by atoms with Gasteiger partial charge in [-0.25, -0.2) is 4.79 Å². The predicted molar refractivity (Wildman–Crippen MR) is 142 cm³/mol. The van der Waals surface area contributed by atoms with Crippen molar-refractivity contribution in [2.24, 2.45) is 17.3 Å². The minimum absolute atomic E-state index is 0.188. The number of carbonyl (C=O) groups excluding carboxylic acids is 1. The highest BCUT2D eigenvalue weighted by atomic mass is 32.2. The fourth-order valence-electron chi connectivity index (χ4n) is 8.02. The number of ether oxygens (including phenoxy) is 3. The van der Waals surface area contributed by atoms with E-state index in [1.807, 2.05) is 0 Å². The first-order chi connectivity index (χ1) is 17.5.